The van der Waals surface area contributed by atoms with Gasteiger partial charge in [-0.15, -0.1) is 23.2 Å². The number of allylic oxidation sites excluding steroid dienone is 4. The topological polar surface area (TPSA) is 0 Å². The first kappa shape index (κ1) is 8.73. The average Bonchev–Trinajstić information content (AvgIpc) is 1.93. The third-order valence-corrected chi connectivity index (χ3v) is 3.17. The molecule has 0 spiro atoms. The zero-order valence-electron chi connectivity index (χ0n) is 4.82. The summed E-state index contributed by atoms with van der Waals surface area (Å²) in [5.74, 6) is 0. The zero-order chi connectivity index (χ0) is 7.72. The van der Waals surface area contributed by atoms with E-state index in [2.05, 4.69) is 0 Å². The molecule has 0 N–H and O–H groups in total. The lowest BCUT2D eigenvalue weighted by Gasteiger charge is -2.16. The van der Waals surface area contributed by atoms with E-state index >= 15 is 0 Å². The third kappa shape index (κ3) is 1.62. The Hall–Kier alpha value is 0.640. The van der Waals surface area contributed by atoms with Crippen molar-refractivity contribution in [1.82, 2.24) is 0 Å². The highest BCUT2D eigenvalue weighted by Gasteiger charge is 2.22. The molecule has 0 heterocycles. The second kappa shape index (κ2) is 3.36. The molecule has 0 aromatic heterocycles. The van der Waals surface area contributed by atoms with Crippen molar-refractivity contribution in [2.45, 2.75) is 10.8 Å². The van der Waals surface area contributed by atoms with Crippen LogP contribution in [-0.2, 0) is 0 Å². The number of alkyl halides is 2. The molecule has 0 fully saturated rings. The molecule has 0 bridgehead atoms. The van der Waals surface area contributed by atoms with Crippen molar-refractivity contribution in [3.05, 3.63) is 22.2 Å². The van der Waals surface area contributed by atoms with Crippen molar-refractivity contribution in [3.8, 4) is 0 Å². The summed E-state index contributed by atoms with van der Waals surface area (Å²) < 4.78 is 0. The molecule has 1 aliphatic rings. The van der Waals surface area contributed by atoms with Crippen LogP contribution in [0.4, 0.5) is 0 Å². The minimum Gasteiger partial charge on any atom is -0.116 e. The lowest BCUT2D eigenvalue weighted by molar-refractivity contribution is 1.03. The van der Waals surface area contributed by atoms with Crippen molar-refractivity contribution in [2.75, 3.05) is 0 Å². The Morgan fingerprint density at radius 3 is 2.30 bits per heavy atom. The van der Waals surface area contributed by atoms with E-state index in [1.54, 1.807) is 12.2 Å². The highest BCUT2D eigenvalue weighted by atomic mass is 35.5. The fourth-order valence-corrected chi connectivity index (χ4v) is 1.53. The first-order valence-electron chi connectivity index (χ1n) is 2.64. The average molecular weight is 218 g/mol. The first-order valence-corrected chi connectivity index (χ1v) is 4.27. The minimum absolute atomic E-state index is 0.253. The fraction of sp³-hybridized carbons (Fsp3) is 0.333. The minimum atomic E-state index is -0.388. The Morgan fingerprint density at radius 1 is 1.20 bits per heavy atom. The van der Waals surface area contributed by atoms with Crippen molar-refractivity contribution < 1.29 is 0 Å². The molecular formula is C6H4Cl4. The SMILES string of the molecule is ClC1=C(Cl)C(Cl)C(Cl)C=C1. The molecule has 0 aromatic rings. The maximum Gasteiger partial charge on any atom is 0.0905 e. The number of hydrogen-bond acceptors (Lipinski definition) is 0. The Labute approximate surface area is 79.4 Å². The summed E-state index contributed by atoms with van der Waals surface area (Å²) in [6, 6.07) is 0. The quantitative estimate of drug-likeness (QED) is 0.546. The lowest BCUT2D eigenvalue weighted by Crippen LogP contribution is -2.16. The van der Waals surface area contributed by atoms with E-state index in [1.165, 1.54) is 0 Å². The van der Waals surface area contributed by atoms with Gasteiger partial charge in [-0.2, -0.15) is 0 Å². The van der Waals surface area contributed by atoms with Crippen molar-refractivity contribution >= 4 is 46.4 Å². The highest BCUT2D eigenvalue weighted by molar-refractivity contribution is 6.46. The maximum absolute atomic E-state index is 5.75. The number of rotatable bonds is 0. The van der Waals surface area contributed by atoms with Crippen LogP contribution in [0.1, 0.15) is 0 Å². The summed E-state index contributed by atoms with van der Waals surface area (Å²) in [5, 5.41) is 0.252. The monoisotopic (exact) mass is 216 g/mol. The summed E-state index contributed by atoms with van der Waals surface area (Å²) in [6.07, 6.45) is 3.37. The Morgan fingerprint density at radius 2 is 1.80 bits per heavy atom. The zero-order valence-corrected chi connectivity index (χ0v) is 7.84. The van der Waals surface area contributed by atoms with E-state index in [0.717, 1.165) is 0 Å². The second-order valence-electron chi connectivity index (χ2n) is 1.90. The molecule has 1 aliphatic carbocycles. The van der Waals surface area contributed by atoms with Crippen LogP contribution in [0.25, 0.3) is 0 Å². The summed E-state index contributed by atoms with van der Waals surface area (Å²) in [6.45, 7) is 0. The lowest BCUT2D eigenvalue weighted by atomic mass is 10.2. The summed E-state index contributed by atoms with van der Waals surface area (Å²) >= 11 is 22.8. The molecule has 2 atom stereocenters. The molecule has 0 saturated heterocycles. The molecule has 0 saturated carbocycles. The Kier molecular flexibility index (Phi) is 2.93. The predicted molar refractivity (Wildman–Crippen MR) is 47.2 cm³/mol. The molecule has 0 amide bonds. The van der Waals surface area contributed by atoms with E-state index in [4.69, 9.17) is 46.4 Å². The van der Waals surface area contributed by atoms with Gasteiger partial charge >= 0.3 is 0 Å². The summed E-state index contributed by atoms with van der Waals surface area (Å²) in [7, 11) is 0. The smallest absolute Gasteiger partial charge is 0.0905 e. The molecule has 56 valence electrons. The van der Waals surface area contributed by atoms with Crippen LogP contribution in [0.5, 0.6) is 0 Å². The van der Waals surface area contributed by atoms with Gasteiger partial charge in [-0.05, 0) is 6.08 Å². The molecule has 0 aromatic carbocycles. The van der Waals surface area contributed by atoms with Gasteiger partial charge < -0.3 is 0 Å². The van der Waals surface area contributed by atoms with E-state index in [0.29, 0.717) is 10.1 Å². The van der Waals surface area contributed by atoms with Crippen molar-refractivity contribution in [2.24, 2.45) is 0 Å². The first-order chi connectivity index (χ1) is 4.63. The number of hydrogen-bond donors (Lipinski definition) is 0. The predicted octanol–water partition coefficient (Wildman–Crippen LogP) is 3.46. The molecule has 0 aliphatic heterocycles. The van der Waals surface area contributed by atoms with Crippen LogP contribution in [0.15, 0.2) is 22.2 Å². The Bertz CT molecular complexity index is 194. The molecule has 2 unspecified atom stereocenters. The van der Waals surface area contributed by atoms with Gasteiger partial charge in [-0.3, -0.25) is 0 Å². The number of halogens is 4. The van der Waals surface area contributed by atoms with Crippen molar-refractivity contribution in [3.63, 3.8) is 0 Å². The van der Waals surface area contributed by atoms with Gasteiger partial charge in [0.15, 0.2) is 0 Å². The highest BCUT2D eigenvalue weighted by Crippen LogP contribution is 2.31. The van der Waals surface area contributed by atoms with Gasteiger partial charge in [0.1, 0.15) is 0 Å². The van der Waals surface area contributed by atoms with Crippen LogP contribution in [-0.4, -0.2) is 10.8 Å². The van der Waals surface area contributed by atoms with E-state index in [1.807, 2.05) is 0 Å². The second-order valence-corrected chi connectivity index (χ2v) is 3.69. The fourth-order valence-electron chi connectivity index (χ4n) is 0.625. The maximum atomic E-state index is 5.75. The van der Waals surface area contributed by atoms with E-state index in [9.17, 15) is 0 Å². The standard InChI is InChI=1S/C6H4Cl4/c7-3-1-2-4(8)6(10)5(3)9/h1-3,5H. The summed E-state index contributed by atoms with van der Waals surface area (Å²) in [4.78, 5) is 0. The van der Waals surface area contributed by atoms with E-state index in [-0.39, 0.29) is 10.8 Å². The van der Waals surface area contributed by atoms with Crippen LogP contribution in [0.3, 0.4) is 0 Å². The molecule has 4 heteroatoms. The van der Waals surface area contributed by atoms with Crippen LogP contribution in [0, 0.1) is 0 Å². The van der Waals surface area contributed by atoms with Gasteiger partial charge in [0.2, 0.25) is 0 Å². The van der Waals surface area contributed by atoms with Crippen LogP contribution in [0.2, 0.25) is 0 Å². The molecule has 1 rings (SSSR count). The van der Waals surface area contributed by atoms with Gasteiger partial charge in [0.05, 0.1) is 20.8 Å². The van der Waals surface area contributed by atoms with Crippen molar-refractivity contribution in [1.29, 1.82) is 0 Å². The van der Waals surface area contributed by atoms with Crippen LogP contribution >= 0.6 is 46.4 Å². The summed E-state index contributed by atoms with van der Waals surface area (Å²) in [5.41, 5.74) is 0. The van der Waals surface area contributed by atoms with Gasteiger partial charge in [0, 0.05) is 0 Å². The van der Waals surface area contributed by atoms with Gasteiger partial charge in [-0.25, -0.2) is 0 Å². The van der Waals surface area contributed by atoms with Crippen LogP contribution < -0.4 is 0 Å². The molecule has 10 heavy (non-hydrogen) atoms. The third-order valence-electron chi connectivity index (χ3n) is 1.18. The normalized spacial score (nSPS) is 33.2. The molecular weight excluding hydrogens is 214 g/mol. The van der Waals surface area contributed by atoms with E-state index < -0.39 is 0 Å². The molecule has 0 nitrogen and oxygen atoms in total. The van der Waals surface area contributed by atoms with Gasteiger partial charge in [0.25, 0.3) is 0 Å². The Balaban J connectivity index is 2.88. The molecule has 0 radical (unpaired) electrons. The van der Waals surface area contributed by atoms with Gasteiger partial charge in [-0.1, -0.05) is 29.3 Å². The largest absolute Gasteiger partial charge is 0.116 e.